The molecule has 0 N–H and O–H groups in total. The lowest BCUT2D eigenvalue weighted by molar-refractivity contribution is 0.669. The Morgan fingerprint density at radius 1 is 0.286 bits per heavy atom. The zero-order valence-electron chi connectivity index (χ0n) is 37.8. The molecule has 1 unspecified atom stereocenters. The van der Waals surface area contributed by atoms with Crippen molar-refractivity contribution < 1.29 is 4.42 Å². The summed E-state index contributed by atoms with van der Waals surface area (Å²) in [5.41, 5.74) is 17.4. The summed E-state index contributed by atoms with van der Waals surface area (Å²) in [5.74, 6) is 0. The van der Waals surface area contributed by atoms with Gasteiger partial charge in [0, 0.05) is 48.0 Å². The molecule has 324 valence electrons. The molecule has 2 aliphatic carbocycles. The Hall–Kier alpha value is -8.76. The average molecular weight is 906 g/mol. The van der Waals surface area contributed by atoms with Crippen molar-refractivity contribution in [3.63, 3.8) is 0 Å². The van der Waals surface area contributed by atoms with Gasteiger partial charge >= 0.3 is 0 Å². The minimum absolute atomic E-state index is 0.527. The first-order chi connectivity index (χ1) is 34.7. The van der Waals surface area contributed by atoms with Gasteiger partial charge in [-0.05, 0) is 155 Å². The van der Waals surface area contributed by atoms with E-state index >= 15 is 0 Å². The maximum Gasteiger partial charge on any atom is 0.135 e. The summed E-state index contributed by atoms with van der Waals surface area (Å²) in [6, 6.07) is 88.3. The number of fused-ring (bicyclic) bond motifs is 22. The fraction of sp³-hybridized carbons (Fsp3) is 0.0149. The largest absolute Gasteiger partial charge is 0.456 e. The molecule has 16 rings (SSSR count). The van der Waals surface area contributed by atoms with Gasteiger partial charge < -0.3 is 9.32 Å². The first-order valence-corrected chi connectivity index (χ1v) is 25.0. The van der Waals surface area contributed by atoms with E-state index in [2.05, 4.69) is 235 Å². The molecule has 3 heteroatoms. The summed E-state index contributed by atoms with van der Waals surface area (Å²) in [5, 5.41) is 12.6. The summed E-state index contributed by atoms with van der Waals surface area (Å²) in [6.45, 7) is 0. The summed E-state index contributed by atoms with van der Waals surface area (Å²) in [6.07, 6.45) is 0. The third kappa shape index (κ3) is 5.11. The van der Waals surface area contributed by atoms with Crippen LogP contribution in [0.1, 0.15) is 22.3 Å². The highest BCUT2D eigenvalue weighted by Gasteiger charge is 2.52. The monoisotopic (exact) mass is 905 g/mol. The topological polar surface area (TPSA) is 16.4 Å². The summed E-state index contributed by atoms with van der Waals surface area (Å²) < 4.78 is 8.98. The van der Waals surface area contributed by atoms with Gasteiger partial charge in [-0.15, -0.1) is 11.3 Å². The van der Waals surface area contributed by atoms with Crippen molar-refractivity contribution in [2.45, 2.75) is 5.41 Å². The molecule has 2 heterocycles. The number of hydrogen-bond acceptors (Lipinski definition) is 3. The Bertz CT molecular complexity index is 4540. The molecule has 2 nitrogen and oxygen atoms in total. The molecular formula is C67H39NOS. The minimum Gasteiger partial charge on any atom is -0.456 e. The fourth-order valence-corrected chi connectivity index (χ4v) is 13.8. The van der Waals surface area contributed by atoms with Crippen molar-refractivity contribution in [1.29, 1.82) is 0 Å². The second kappa shape index (κ2) is 14.1. The normalized spacial score (nSPS) is 14.6. The van der Waals surface area contributed by atoms with Crippen LogP contribution in [-0.2, 0) is 5.41 Å². The molecule has 0 fully saturated rings. The van der Waals surface area contributed by atoms with Gasteiger partial charge in [-0.1, -0.05) is 170 Å². The molecule has 1 spiro atoms. The van der Waals surface area contributed by atoms with Crippen molar-refractivity contribution in [3.05, 3.63) is 259 Å². The predicted octanol–water partition coefficient (Wildman–Crippen LogP) is 18.9. The van der Waals surface area contributed by atoms with E-state index in [1.54, 1.807) is 0 Å². The van der Waals surface area contributed by atoms with Crippen LogP contribution in [0.5, 0.6) is 0 Å². The van der Waals surface area contributed by atoms with Crippen molar-refractivity contribution >= 4 is 103 Å². The van der Waals surface area contributed by atoms with Gasteiger partial charge in [0.05, 0.1) is 5.41 Å². The number of rotatable bonds is 4. The van der Waals surface area contributed by atoms with Crippen molar-refractivity contribution in [3.8, 4) is 33.4 Å². The van der Waals surface area contributed by atoms with Crippen LogP contribution >= 0.6 is 11.3 Å². The van der Waals surface area contributed by atoms with E-state index in [0.29, 0.717) is 0 Å². The summed E-state index contributed by atoms with van der Waals surface area (Å²) in [4.78, 5) is 2.47. The van der Waals surface area contributed by atoms with Gasteiger partial charge in [-0.2, -0.15) is 0 Å². The molecule has 0 saturated carbocycles. The molecule has 12 aromatic carbocycles. The van der Waals surface area contributed by atoms with Gasteiger partial charge in [-0.3, -0.25) is 0 Å². The maximum absolute atomic E-state index is 6.43. The standard InChI is InChI=1S/C67H39NOS/c1-2-14-40(15-3-1)41-26-30-51-49-20-8-11-23-59(49)67(61(51)34-41)60-24-12-9-21-50(60)52-31-27-43(36-62(52)67)68(42-29-33-64-57(35-42)53-22-10-13-25-63(53)69-64)44-28-32-54-58-38-55-47-18-6-4-16-45(47)46-17-5-7-19-48(46)56(55)39-66(58)70-65(54)37-44/h1-39H. The lowest BCUT2D eigenvalue weighted by atomic mass is 9.70. The molecule has 2 aromatic heterocycles. The van der Waals surface area contributed by atoms with Crippen LogP contribution < -0.4 is 4.90 Å². The van der Waals surface area contributed by atoms with E-state index < -0.39 is 5.41 Å². The van der Waals surface area contributed by atoms with Crippen LogP contribution in [0.2, 0.25) is 0 Å². The first-order valence-electron chi connectivity index (χ1n) is 24.1. The zero-order valence-corrected chi connectivity index (χ0v) is 38.6. The van der Waals surface area contributed by atoms with E-state index in [1.165, 1.54) is 108 Å². The first kappa shape index (κ1) is 38.2. The molecule has 0 aliphatic heterocycles. The average Bonchev–Trinajstić information content (AvgIpc) is 4.15. The van der Waals surface area contributed by atoms with Crippen molar-refractivity contribution in [2.24, 2.45) is 0 Å². The number of hydrogen-bond donors (Lipinski definition) is 0. The van der Waals surface area contributed by atoms with Crippen LogP contribution in [-0.4, -0.2) is 0 Å². The zero-order chi connectivity index (χ0) is 45.7. The summed E-state index contributed by atoms with van der Waals surface area (Å²) >= 11 is 1.89. The number of benzene rings is 12. The van der Waals surface area contributed by atoms with Gasteiger partial charge in [0.25, 0.3) is 0 Å². The van der Waals surface area contributed by atoms with E-state index in [9.17, 15) is 0 Å². The predicted molar refractivity (Wildman–Crippen MR) is 296 cm³/mol. The number of para-hydroxylation sites is 1. The van der Waals surface area contributed by atoms with Crippen LogP contribution in [0.4, 0.5) is 17.1 Å². The quantitative estimate of drug-likeness (QED) is 0.164. The van der Waals surface area contributed by atoms with Gasteiger partial charge in [0.2, 0.25) is 0 Å². The molecule has 14 aromatic rings. The smallest absolute Gasteiger partial charge is 0.135 e. The third-order valence-electron chi connectivity index (χ3n) is 15.6. The second-order valence-electron chi connectivity index (χ2n) is 19.1. The number of thiophene rings is 1. The number of anilines is 3. The van der Waals surface area contributed by atoms with Crippen LogP contribution in [0.3, 0.4) is 0 Å². The third-order valence-corrected chi connectivity index (χ3v) is 16.8. The molecule has 0 bridgehead atoms. The lowest BCUT2D eigenvalue weighted by Crippen LogP contribution is -2.26. The Balaban J connectivity index is 0.949. The van der Waals surface area contributed by atoms with E-state index in [4.69, 9.17) is 4.42 Å². The molecule has 0 amide bonds. The Labute approximate surface area is 407 Å². The highest BCUT2D eigenvalue weighted by atomic mass is 32.1. The van der Waals surface area contributed by atoms with Crippen LogP contribution in [0.15, 0.2) is 241 Å². The minimum atomic E-state index is -0.527. The second-order valence-corrected chi connectivity index (χ2v) is 20.2. The van der Waals surface area contributed by atoms with Crippen molar-refractivity contribution in [2.75, 3.05) is 4.90 Å². The molecule has 2 aliphatic rings. The van der Waals surface area contributed by atoms with E-state index in [-0.39, 0.29) is 0 Å². The Morgan fingerprint density at radius 2 is 0.800 bits per heavy atom. The molecule has 70 heavy (non-hydrogen) atoms. The molecule has 0 saturated heterocycles. The van der Waals surface area contributed by atoms with Crippen LogP contribution in [0, 0.1) is 0 Å². The Morgan fingerprint density at radius 3 is 1.54 bits per heavy atom. The molecule has 0 radical (unpaired) electrons. The lowest BCUT2D eigenvalue weighted by Gasteiger charge is -2.32. The van der Waals surface area contributed by atoms with E-state index in [1.807, 2.05) is 17.4 Å². The summed E-state index contributed by atoms with van der Waals surface area (Å²) in [7, 11) is 0. The highest BCUT2D eigenvalue weighted by Crippen LogP contribution is 2.64. The fourth-order valence-electron chi connectivity index (χ4n) is 12.7. The van der Waals surface area contributed by atoms with Gasteiger partial charge in [-0.25, -0.2) is 0 Å². The molecular weight excluding hydrogens is 867 g/mol. The SMILES string of the molecule is c1ccc(-c2ccc3c(c2)C2(c4ccccc4-3)c3ccccc3-c3ccc(N(c4ccc5c(c4)sc4cc6c7ccccc7c7ccccc7c6cc45)c4ccc5oc6ccccc6c5c4)cc32)cc1. The van der Waals surface area contributed by atoms with E-state index in [0.717, 1.165) is 39.0 Å². The Kier molecular flexibility index (Phi) is 7.73. The van der Waals surface area contributed by atoms with Gasteiger partial charge in [0.1, 0.15) is 11.2 Å². The van der Waals surface area contributed by atoms with Gasteiger partial charge in [0.15, 0.2) is 0 Å². The number of nitrogens with zero attached hydrogens (tertiary/aromatic N) is 1. The molecule has 1 atom stereocenters. The maximum atomic E-state index is 6.43. The number of furan rings is 1. The van der Waals surface area contributed by atoms with Crippen molar-refractivity contribution in [1.82, 2.24) is 0 Å². The highest BCUT2D eigenvalue weighted by molar-refractivity contribution is 7.26. The van der Waals surface area contributed by atoms with Crippen LogP contribution in [0.25, 0.3) is 108 Å².